The van der Waals surface area contributed by atoms with Crippen LogP contribution >= 0.6 is 0 Å². The third kappa shape index (κ3) is 3.11. The molecule has 2 unspecified atom stereocenters. The Hall–Kier alpha value is -1.39. The maximum atomic E-state index is 12.6. The Kier molecular flexibility index (Phi) is 4.56. The first kappa shape index (κ1) is 14.5. The summed E-state index contributed by atoms with van der Waals surface area (Å²) in [6.07, 6.45) is 4.58. The Morgan fingerprint density at radius 3 is 3.05 bits per heavy atom. The highest BCUT2D eigenvalue weighted by atomic mass is 16.5. The molecule has 2 aliphatic heterocycles. The second-order valence-corrected chi connectivity index (χ2v) is 5.98. The van der Waals surface area contributed by atoms with Crippen molar-refractivity contribution in [3.05, 3.63) is 35.4 Å². The van der Waals surface area contributed by atoms with Crippen LogP contribution in [-0.4, -0.2) is 36.5 Å². The highest BCUT2D eigenvalue weighted by Crippen LogP contribution is 2.30. The topological polar surface area (TPSA) is 55.6 Å². The molecule has 1 fully saturated rings. The quantitative estimate of drug-likeness (QED) is 0.926. The zero-order chi connectivity index (χ0) is 14.7. The van der Waals surface area contributed by atoms with E-state index in [2.05, 4.69) is 18.2 Å². The summed E-state index contributed by atoms with van der Waals surface area (Å²) in [5.41, 5.74) is 8.31. The fourth-order valence-corrected chi connectivity index (χ4v) is 3.50. The van der Waals surface area contributed by atoms with Gasteiger partial charge in [0.2, 0.25) is 5.91 Å². The summed E-state index contributed by atoms with van der Waals surface area (Å²) in [4.78, 5) is 14.6. The number of nitrogens with zero attached hydrogens (tertiary/aromatic N) is 1. The first-order valence-electron chi connectivity index (χ1n) is 7.98. The number of hydrogen-bond donors (Lipinski definition) is 1. The van der Waals surface area contributed by atoms with Crippen LogP contribution in [0.5, 0.6) is 0 Å². The van der Waals surface area contributed by atoms with E-state index in [4.69, 9.17) is 10.5 Å². The number of likely N-dealkylation sites (tertiary alicyclic amines) is 1. The molecular weight excluding hydrogens is 264 g/mol. The van der Waals surface area contributed by atoms with Crippen molar-refractivity contribution in [2.45, 2.75) is 44.2 Å². The van der Waals surface area contributed by atoms with Gasteiger partial charge >= 0.3 is 0 Å². The largest absolute Gasteiger partial charge is 0.373 e. The molecule has 3 rings (SSSR count). The van der Waals surface area contributed by atoms with Crippen LogP contribution in [0.25, 0.3) is 0 Å². The number of amides is 1. The standard InChI is InChI=1S/C17H24N2O2/c18-12-14-6-3-4-9-19(14)17(20)11-16-15-7-2-1-5-13(15)8-10-21-16/h1-2,5,7,14,16H,3-4,6,8-12,18H2. The predicted molar refractivity (Wildman–Crippen MR) is 81.9 cm³/mol. The summed E-state index contributed by atoms with van der Waals surface area (Å²) in [5.74, 6) is 0.187. The number of fused-ring (bicyclic) bond motifs is 1. The molecule has 2 atom stereocenters. The number of rotatable bonds is 3. The SMILES string of the molecule is NCC1CCCCN1C(=O)CC1OCCc2ccccc21. The molecule has 1 aromatic carbocycles. The number of carbonyl (C=O) groups excluding carboxylic acids is 1. The molecule has 4 nitrogen and oxygen atoms in total. The highest BCUT2D eigenvalue weighted by Gasteiger charge is 2.29. The van der Waals surface area contributed by atoms with Crippen LogP contribution in [0.3, 0.4) is 0 Å². The normalized spacial score (nSPS) is 25.5. The second-order valence-electron chi connectivity index (χ2n) is 5.98. The van der Waals surface area contributed by atoms with Crippen LogP contribution in [0.4, 0.5) is 0 Å². The Morgan fingerprint density at radius 2 is 2.19 bits per heavy atom. The van der Waals surface area contributed by atoms with E-state index in [1.54, 1.807) is 0 Å². The molecule has 0 aromatic heterocycles. The Bertz CT molecular complexity index is 503. The molecule has 0 radical (unpaired) electrons. The minimum Gasteiger partial charge on any atom is -0.373 e. The molecular formula is C17H24N2O2. The molecule has 1 amide bonds. The number of hydrogen-bond acceptors (Lipinski definition) is 3. The average Bonchev–Trinajstić information content (AvgIpc) is 2.55. The maximum Gasteiger partial charge on any atom is 0.225 e. The molecule has 2 N–H and O–H groups in total. The van der Waals surface area contributed by atoms with Crippen LogP contribution in [0.15, 0.2) is 24.3 Å². The first-order valence-corrected chi connectivity index (χ1v) is 7.98. The molecule has 1 aromatic rings. The van der Waals surface area contributed by atoms with Crippen LogP contribution < -0.4 is 5.73 Å². The van der Waals surface area contributed by atoms with E-state index in [9.17, 15) is 4.79 Å². The predicted octanol–water partition coefficient (Wildman–Crippen LogP) is 2.03. The Balaban J connectivity index is 1.70. The lowest BCUT2D eigenvalue weighted by Gasteiger charge is -2.36. The van der Waals surface area contributed by atoms with Crippen LogP contribution in [0.1, 0.15) is 42.9 Å². The molecule has 1 saturated heterocycles. The number of ether oxygens (including phenoxy) is 1. The van der Waals surface area contributed by atoms with Gasteiger partial charge in [-0.1, -0.05) is 24.3 Å². The van der Waals surface area contributed by atoms with E-state index in [0.717, 1.165) is 25.8 Å². The summed E-state index contributed by atoms with van der Waals surface area (Å²) in [6, 6.07) is 8.51. The van der Waals surface area contributed by atoms with Gasteiger partial charge in [0.15, 0.2) is 0 Å². The zero-order valence-electron chi connectivity index (χ0n) is 12.5. The van der Waals surface area contributed by atoms with Crippen molar-refractivity contribution in [1.29, 1.82) is 0 Å². The van der Waals surface area contributed by atoms with Gasteiger partial charge in [-0.15, -0.1) is 0 Å². The lowest BCUT2D eigenvalue weighted by molar-refractivity contribution is -0.138. The van der Waals surface area contributed by atoms with E-state index in [-0.39, 0.29) is 18.1 Å². The number of carbonyl (C=O) groups is 1. The van der Waals surface area contributed by atoms with Crippen molar-refractivity contribution in [1.82, 2.24) is 4.90 Å². The molecule has 4 heteroatoms. The van der Waals surface area contributed by atoms with Gasteiger partial charge in [-0.2, -0.15) is 0 Å². The molecule has 0 spiro atoms. The Labute approximate surface area is 126 Å². The van der Waals surface area contributed by atoms with Crippen molar-refractivity contribution in [2.75, 3.05) is 19.7 Å². The molecule has 2 aliphatic rings. The maximum absolute atomic E-state index is 12.6. The van der Waals surface area contributed by atoms with Gasteiger partial charge in [0.25, 0.3) is 0 Å². The van der Waals surface area contributed by atoms with E-state index in [1.165, 1.54) is 17.5 Å². The van der Waals surface area contributed by atoms with Gasteiger partial charge < -0.3 is 15.4 Å². The lowest BCUT2D eigenvalue weighted by atomic mass is 9.94. The fourth-order valence-electron chi connectivity index (χ4n) is 3.50. The van der Waals surface area contributed by atoms with Crippen LogP contribution in [0.2, 0.25) is 0 Å². The highest BCUT2D eigenvalue weighted by molar-refractivity contribution is 5.77. The number of piperidine rings is 1. The number of benzene rings is 1. The van der Waals surface area contributed by atoms with Crippen molar-refractivity contribution in [3.8, 4) is 0 Å². The van der Waals surface area contributed by atoms with Gasteiger partial charge in [0.05, 0.1) is 19.1 Å². The molecule has 0 bridgehead atoms. The van der Waals surface area contributed by atoms with Crippen molar-refractivity contribution < 1.29 is 9.53 Å². The summed E-state index contributed by atoms with van der Waals surface area (Å²) in [5, 5.41) is 0. The third-order valence-corrected chi connectivity index (χ3v) is 4.67. The van der Waals surface area contributed by atoms with Gasteiger partial charge in [-0.3, -0.25) is 4.79 Å². The van der Waals surface area contributed by atoms with E-state index >= 15 is 0 Å². The molecule has 0 saturated carbocycles. The summed E-state index contributed by atoms with van der Waals surface area (Å²) in [7, 11) is 0. The smallest absolute Gasteiger partial charge is 0.225 e. The van der Waals surface area contributed by atoms with Crippen molar-refractivity contribution in [2.24, 2.45) is 5.73 Å². The molecule has 21 heavy (non-hydrogen) atoms. The third-order valence-electron chi connectivity index (χ3n) is 4.67. The van der Waals surface area contributed by atoms with Gasteiger partial charge in [-0.05, 0) is 36.8 Å². The zero-order valence-corrected chi connectivity index (χ0v) is 12.5. The van der Waals surface area contributed by atoms with Crippen molar-refractivity contribution in [3.63, 3.8) is 0 Å². The van der Waals surface area contributed by atoms with Crippen molar-refractivity contribution >= 4 is 5.91 Å². The minimum atomic E-state index is -0.0946. The fraction of sp³-hybridized carbons (Fsp3) is 0.588. The first-order chi connectivity index (χ1) is 10.3. The lowest BCUT2D eigenvalue weighted by Crippen LogP contribution is -2.47. The van der Waals surface area contributed by atoms with E-state index < -0.39 is 0 Å². The monoisotopic (exact) mass is 288 g/mol. The van der Waals surface area contributed by atoms with Crippen LogP contribution in [0, 0.1) is 0 Å². The molecule has 2 heterocycles. The second kappa shape index (κ2) is 6.58. The van der Waals surface area contributed by atoms with Gasteiger partial charge in [0.1, 0.15) is 0 Å². The minimum absolute atomic E-state index is 0.0946. The summed E-state index contributed by atoms with van der Waals surface area (Å²) >= 11 is 0. The van der Waals surface area contributed by atoms with Gasteiger partial charge in [0, 0.05) is 19.1 Å². The molecule has 114 valence electrons. The van der Waals surface area contributed by atoms with Crippen LogP contribution in [-0.2, 0) is 16.0 Å². The Morgan fingerprint density at radius 1 is 1.33 bits per heavy atom. The summed E-state index contributed by atoms with van der Waals surface area (Å²) < 4.78 is 5.86. The number of nitrogens with two attached hydrogens (primary N) is 1. The summed E-state index contributed by atoms with van der Waals surface area (Å²) in [6.45, 7) is 2.11. The van der Waals surface area contributed by atoms with Gasteiger partial charge in [-0.25, -0.2) is 0 Å². The average molecular weight is 288 g/mol. The van der Waals surface area contributed by atoms with E-state index in [1.807, 2.05) is 11.0 Å². The van der Waals surface area contributed by atoms with E-state index in [0.29, 0.717) is 19.6 Å². The molecule has 0 aliphatic carbocycles.